The van der Waals surface area contributed by atoms with Gasteiger partial charge in [-0.2, -0.15) is 0 Å². The molecule has 1 aromatic heterocycles. The van der Waals surface area contributed by atoms with E-state index in [1.54, 1.807) is 12.3 Å². The largest absolute Gasteiger partial charge is 0.379 e. The monoisotopic (exact) mass is 395 g/mol. The van der Waals surface area contributed by atoms with Crippen molar-refractivity contribution < 1.29 is 9.53 Å². The molecular formula is C22H22ClN3O2. The molecule has 0 bridgehead atoms. The van der Waals surface area contributed by atoms with Crippen LogP contribution < -0.4 is 5.32 Å². The van der Waals surface area contributed by atoms with Crippen LogP contribution in [0.15, 0.2) is 54.7 Å². The van der Waals surface area contributed by atoms with Gasteiger partial charge in [-0.25, -0.2) is 0 Å². The molecule has 1 N–H and O–H groups in total. The molecule has 1 aliphatic heterocycles. The summed E-state index contributed by atoms with van der Waals surface area (Å²) in [5.74, 6) is -0.177. The van der Waals surface area contributed by atoms with Gasteiger partial charge >= 0.3 is 0 Å². The van der Waals surface area contributed by atoms with Crippen molar-refractivity contribution in [3.05, 3.63) is 76.4 Å². The molecule has 144 valence electrons. The molecule has 28 heavy (non-hydrogen) atoms. The van der Waals surface area contributed by atoms with Crippen molar-refractivity contribution in [2.75, 3.05) is 26.3 Å². The lowest BCUT2D eigenvalue weighted by Crippen LogP contribution is -2.35. The van der Waals surface area contributed by atoms with Crippen molar-refractivity contribution in [3.8, 4) is 0 Å². The Hall–Kier alpha value is -2.47. The maximum absolute atomic E-state index is 12.7. The second kappa shape index (κ2) is 8.69. The number of aromatic nitrogens is 1. The Labute approximate surface area is 169 Å². The first-order valence-electron chi connectivity index (χ1n) is 9.39. The lowest BCUT2D eigenvalue weighted by Gasteiger charge is -2.26. The summed E-state index contributed by atoms with van der Waals surface area (Å²) in [6, 6.07) is 15.6. The van der Waals surface area contributed by atoms with E-state index in [2.05, 4.69) is 39.5 Å². The Morgan fingerprint density at radius 1 is 1.11 bits per heavy atom. The predicted octanol–water partition coefficient (Wildman–Crippen LogP) is 3.65. The maximum atomic E-state index is 12.7. The number of amides is 1. The van der Waals surface area contributed by atoms with Gasteiger partial charge in [0.2, 0.25) is 0 Å². The van der Waals surface area contributed by atoms with E-state index in [1.807, 2.05) is 18.2 Å². The Morgan fingerprint density at radius 2 is 1.86 bits per heavy atom. The number of halogens is 1. The molecule has 0 spiro atoms. The molecule has 2 aromatic carbocycles. The number of hydrogen-bond donors (Lipinski definition) is 1. The summed E-state index contributed by atoms with van der Waals surface area (Å²) in [4.78, 5) is 19.4. The van der Waals surface area contributed by atoms with Crippen LogP contribution in [0.1, 0.15) is 21.5 Å². The normalized spacial score (nSPS) is 14.9. The minimum Gasteiger partial charge on any atom is -0.379 e. The van der Waals surface area contributed by atoms with Gasteiger partial charge in [0, 0.05) is 42.8 Å². The smallest absolute Gasteiger partial charge is 0.253 e. The standard InChI is InChI=1S/C22H22ClN3O2/c23-19-12-18-2-1-7-24-21(18)20(13-19)22(27)25-14-16-3-5-17(6-4-16)15-26-8-10-28-11-9-26/h1-7,12-13H,8-11,14-15H2,(H,25,27). The number of rotatable bonds is 5. The first-order chi connectivity index (χ1) is 13.7. The second-order valence-corrected chi connectivity index (χ2v) is 7.35. The molecule has 0 radical (unpaired) electrons. The van der Waals surface area contributed by atoms with Crippen molar-refractivity contribution in [2.45, 2.75) is 13.1 Å². The molecule has 5 nitrogen and oxygen atoms in total. The van der Waals surface area contributed by atoms with Crippen molar-refractivity contribution in [1.82, 2.24) is 15.2 Å². The van der Waals surface area contributed by atoms with Crippen LogP contribution in [-0.2, 0) is 17.8 Å². The highest BCUT2D eigenvalue weighted by molar-refractivity contribution is 6.32. The van der Waals surface area contributed by atoms with Crippen molar-refractivity contribution in [3.63, 3.8) is 0 Å². The number of morpholine rings is 1. The van der Waals surface area contributed by atoms with Crippen LogP contribution >= 0.6 is 11.6 Å². The molecule has 1 aliphatic rings. The molecule has 1 amide bonds. The molecule has 4 rings (SSSR count). The van der Waals surface area contributed by atoms with Crippen LogP contribution in [0.5, 0.6) is 0 Å². The van der Waals surface area contributed by atoms with Gasteiger partial charge in [0.1, 0.15) is 0 Å². The van der Waals surface area contributed by atoms with E-state index in [4.69, 9.17) is 16.3 Å². The van der Waals surface area contributed by atoms with Gasteiger partial charge in [0.25, 0.3) is 5.91 Å². The molecule has 1 saturated heterocycles. The van der Waals surface area contributed by atoms with Crippen LogP contribution in [0.25, 0.3) is 10.9 Å². The fraction of sp³-hybridized carbons (Fsp3) is 0.273. The Kier molecular flexibility index (Phi) is 5.86. The zero-order valence-corrected chi connectivity index (χ0v) is 16.3. The molecule has 3 aromatic rings. The summed E-state index contributed by atoms with van der Waals surface area (Å²) < 4.78 is 5.39. The molecule has 0 aliphatic carbocycles. The summed E-state index contributed by atoms with van der Waals surface area (Å²) in [5, 5.41) is 4.35. The van der Waals surface area contributed by atoms with E-state index >= 15 is 0 Å². The third kappa shape index (κ3) is 4.50. The van der Waals surface area contributed by atoms with Crippen molar-refractivity contribution in [1.29, 1.82) is 0 Å². The van der Waals surface area contributed by atoms with Crippen LogP contribution in [0.2, 0.25) is 5.02 Å². The highest BCUT2D eigenvalue weighted by Crippen LogP contribution is 2.22. The molecule has 1 fully saturated rings. The van der Waals surface area contributed by atoms with Gasteiger partial charge in [-0.1, -0.05) is 41.9 Å². The molecule has 6 heteroatoms. The van der Waals surface area contributed by atoms with Crippen LogP contribution in [-0.4, -0.2) is 42.1 Å². The number of fused-ring (bicyclic) bond motifs is 1. The predicted molar refractivity (Wildman–Crippen MR) is 110 cm³/mol. The van der Waals surface area contributed by atoms with E-state index < -0.39 is 0 Å². The number of carbonyl (C=O) groups excluding carboxylic acids is 1. The lowest BCUT2D eigenvalue weighted by atomic mass is 10.1. The highest BCUT2D eigenvalue weighted by Gasteiger charge is 2.13. The Balaban J connectivity index is 1.40. The average molecular weight is 396 g/mol. The van der Waals surface area contributed by atoms with Gasteiger partial charge in [-0.3, -0.25) is 14.7 Å². The minimum atomic E-state index is -0.177. The average Bonchev–Trinajstić information content (AvgIpc) is 2.73. The number of ether oxygens (including phenoxy) is 1. The summed E-state index contributed by atoms with van der Waals surface area (Å²) >= 11 is 6.16. The minimum absolute atomic E-state index is 0.177. The Bertz CT molecular complexity index is 969. The second-order valence-electron chi connectivity index (χ2n) is 6.92. The zero-order chi connectivity index (χ0) is 19.3. The molecule has 0 unspecified atom stereocenters. The lowest BCUT2D eigenvalue weighted by molar-refractivity contribution is 0.0342. The van der Waals surface area contributed by atoms with Crippen LogP contribution in [0.3, 0.4) is 0 Å². The molecular weight excluding hydrogens is 374 g/mol. The summed E-state index contributed by atoms with van der Waals surface area (Å²) in [6.45, 7) is 4.93. The van der Waals surface area contributed by atoms with Crippen LogP contribution in [0, 0.1) is 0 Å². The van der Waals surface area contributed by atoms with Crippen molar-refractivity contribution in [2.24, 2.45) is 0 Å². The number of nitrogens with zero attached hydrogens (tertiary/aromatic N) is 2. The number of pyridine rings is 1. The summed E-state index contributed by atoms with van der Waals surface area (Å²) in [6.07, 6.45) is 1.68. The summed E-state index contributed by atoms with van der Waals surface area (Å²) in [5.41, 5.74) is 3.47. The fourth-order valence-corrected chi connectivity index (χ4v) is 3.61. The van der Waals surface area contributed by atoms with Crippen LogP contribution in [0.4, 0.5) is 0 Å². The summed E-state index contributed by atoms with van der Waals surface area (Å²) in [7, 11) is 0. The third-order valence-electron chi connectivity index (χ3n) is 4.90. The van der Waals surface area contributed by atoms with Gasteiger partial charge in [-0.05, 0) is 29.3 Å². The van der Waals surface area contributed by atoms with E-state index in [0.29, 0.717) is 22.6 Å². The highest BCUT2D eigenvalue weighted by atomic mass is 35.5. The number of nitrogens with one attached hydrogen (secondary N) is 1. The number of hydrogen-bond acceptors (Lipinski definition) is 4. The third-order valence-corrected chi connectivity index (χ3v) is 5.12. The topological polar surface area (TPSA) is 54.5 Å². The molecule has 0 saturated carbocycles. The van der Waals surface area contributed by atoms with Gasteiger partial charge in [0.05, 0.1) is 24.3 Å². The number of carbonyl (C=O) groups is 1. The van der Waals surface area contributed by atoms with Gasteiger partial charge in [-0.15, -0.1) is 0 Å². The van der Waals surface area contributed by atoms with Gasteiger partial charge in [0.15, 0.2) is 0 Å². The first-order valence-corrected chi connectivity index (χ1v) is 9.77. The van der Waals surface area contributed by atoms with Crippen molar-refractivity contribution >= 4 is 28.4 Å². The maximum Gasteiger partial charge on any atom is 0.253 e. The number of benzene rings is 2. The SMILES string of the molecule is O=C(NCc1ccc(CN2CCOCC2)cc1)c1cc(Cl)cc2cccnc12. The van der Waals surface area contributed by atoms with Gasteiger partial charge < -0.3 is 10.1 Å². The van der Waals surface area contributed by atoms with E-state index in [-0.39, 0.29) is 5.91 Å². The van der Waals surface area contributed by atoms with E-state index in [0.717, 1.165) is 43.8 Å². The zero-order valence-electron chi connectivity index (χ0n) is 15.5. The van der Waals surface area contributed by atoms with E-state index in [9.17, 15) is 4.79 Å². The fourth-order valence-electron chi connectivity index (χ4n) is 3.39. The Morgan fingerprint density at radius 3 is 2.64 bits per heavy atom. The molecule has 2 heterocycles. The molecule has 0 atom stereocenters. The van der Waals surface area contributed by atoms with E-state index in [1.165, 1.54) is 5.56 Å². The first kappa shape index (κ1) is 18.9. The quantitative estimate of drug-likeness (QED) is 0.716.